The predicted molar refractivity (Wildman–Crippen MR) is 103 cm³/mol. The van der Waals surface area contributed by atoms with Crippen molar-refractivity contribution < 1.29 is 4.79 Å². The van der Waals surface area contributed by atoms with E-state index in [0.717, 1.165) is 29.2 Å². The molecule has 1 aliphatic carbocycles. The Hall–Kier alpha value is -1.80. The maximum absolute atomic E-state index is 12.3. The van der Waals surface area contributed by atoms with Gasteiger partial charge in [-0.3, -0.25) is 14.5 Å². The number of aromatic nitrogens is 4. The van der Waals surface area contributed by atoms with E-state index < -0.39 is 0 Å². The van der Waals surface area contributed by atoms with Gasteiger partial charge in [0.1, 0.15) is 0 Å². The normalized spacial score (nSPS) is 15.2. The van der Waals surface area contributed by atoms with E-state index in [4.69, 9.17) is 12.2 Å². The summed E-state index contributed by atoms with van der Waals surface area (Å²) in [6.45, 7) is 6.25. The molecule has 134 valence electrons. The lowest BCUT2D eigenvalue weighted by molar-refractivity contribution is -0.117. The van der Waals surface area contributed by atoms with Gasteiger partial charge < -0.3 is 5.32 Å². The second-order valence-electron chi connectivity index (χ2n) is 6.44. The molecule has 0 saturated heterocycles. The van der Waals surface area contributed by atoms with Gasteiger partial charge >= 0.3 is 0 Å². The number of aromatic amines is 1. The number of nitrogens with one attached hydrogen (secondary N) is 2. The molecule has 2 heterocycles. The summed E-state index contributed by atoms with van der Waals surface area (Å²) in [6, 6.07) is 0. The van der Waals surface area contributed by atoms with Crippen LogP contribution in [0.1, 0.15) is 44.2 Å². The van der Waals surface area contributed by atoms with Crippen LogP contribution in [-0.2, 0) is 11.3 Å². The Morgan fingerprint density at radius 3 is 2.96 bits per heavy atom. The first-order valence-electron chi connectivity index (χ1n) is 8.62. The van der Waals surface area contributed by atoms with E-state index in [0.29, 0.717) is 28.8 Å². The maximum atomic E-state index is 12.3. The second-order valence-corrected chi connectivity index (χ2v) is 7.83. The quantitative estimate of drug-likeness (QED) is 0.575. The van der Waals surface area contributed by atoms with Gasteiger partial charge in [0.05, 0.1) is 10.6 Å². The monoisotopic (exact) mass is 377 g/mol. The lowest BCUT2D eigenvalue weighted by Gasteiger charge is -2.20. The molecular weight excluding hydrogens is 354 g/mol. The predicted octanol–water partition coefficient (Wildman–Crippen LogP) is 4.47. The van der Waals surface area contributed by atoms with Gasteiger partial charge in [-0.15, -0.1) is 6.58 Å². The molecule has 1 aliphatic rings. The number of thiazole rings is 1. The lowest BCUT2D eigenvalue weighted by Crippen LogP contribution is -2.18. The minimum absolute atomic E-state index is 0.0529. The Morgan fingerprint density at radius 2 is 2.24 bits per heavy atom. The summed E-state index contributed by atoms with van der Waals surface area (Å²) in [5.74, 6) is 1.29. The number of hydrogen-bond donors (Lipinski definition) is 2. The molecule has 2 aromatic rings. The number of carbonyl (C=O) groups is 1. The SMILES string of the molecule is C=CCn1c(-c2sc(NC(=O)CC3CCCCC3)nc2C)n[nH]c1=S. The highest BCUT2D eigenvalue weighted by Crippen LogP contribution is 2.32. The van der Waals surface area contributed by atoms with Crippen molar-refractivity contribution >= 4 is 34.6 Å². The van der Waals surface area contributed by atoms with E-state index in [2.05, 4.69) is 27.1 Å². The first-order chi connectivity index (χ1) is 12.1. The Bertz CT molecular complexity index is 813. The van der Waals surface area contributed by atoms with Crippen LogP contribution < -0.4 is 5.32 Å². The number of allylic oxidation sites excluding steroid dienone is 1. The molecule has 0 bridgehead atoms. The molecule has 1 fully saturated rings. The highest BCUT2D eigenvalue weighted by atomic mass is 32.1. The fraction of sp³-hybridized carbons (Fsp3) is 0.529. The zero-order valence-corrected chi connectivity index (χ0v) is 16.0. The van der Waals surface area contributed by atoms with Crippen molar-refractivity contribution in [3.05, 3.63) is 23.1 Å². The summed E-state index contributed by atoms with van der Waals surface area (Å²) in [7, 11) is 0. The number of carbonyl (C=O) groups excluding carboxylic acids is 1. The van der Waals surface area contributed by atoms with Crippen LogP contribution in [0.2, 0.25) is 0 Å². The van der Waals surface area contributed by atoms with Crippen LogP contribution in [0, 0.1) is 17.6 Å². The Kier molecular flexibility index (Phi) is 5.80. The van der Waals surface area contributed by atoms with Gasteiger partial charge in [0, 0.05) is 13.0 Å². The topological polar surface area (TPSA) is 75.6 Å². The molecule has 0 atom stereocenters. The van der Waals surface area contributed by atoms with Gasteiger partial charge in [-0.1, -0.05) is 36.7 Å². The fourth-order valence-electron chi connectivity index (χ4n) is 3.27. The van der Waals surface area contributed by atoms with Gasteiger partial charge in [-0.05, 0) is 37.9 Å². The molecule has 0 aliphatic heterocycles. The van der Waals surface area contributed by atoms with Gasteiger partial charge in [0.2, 0.25) is 5.91 Å². The highest BCUT2D eigenvalue weighted by molar-refractivity contribution is 7.71. The van der Waals surface area contributed by atoms with Gasteiger partial charge in [0.25, 0.3) is 0 Å². The van der Waals surface area contributed by atoms with Crippen LogP contribution >= 0.6 is 23.6 Å². The maximum Gasteiger partial charge on any atom is 0.226 e. The smallest absolute Gasteiger partial charge is 0.226 e. The van der Waals surface area contributed by atoms with Crippen LogP contribution in [0.3, 0.4) is 0 Å². The van der Waals surface area contributed by atoms with Crippen LogP contribution in [0.25, 0.3) is 10.7 Å². The second kappa shape index (κ2) is 8.05. The summed E-state index contributed by atoms with van der Waals surface area (Å²) in [4.78, 5) is 17.7. The third-order valence-corrected chi connectivity index (χ3v) is 5.90. The van der Waals surface area contributed by atoms with E-state index in [1.807, 2.05) is 11.5 Å². The Morgan fingerprint density at radius 1 is 1.48 bits per heavy atom. The number of nitrogens with zero attached hydrogens (tertiary/aromatic N) is 3. The number of hydrogen-bond acceptors (Lipinski definition) is 5. The molecule has 25 heavy (non-hydrogen) atoms. The third-order valence-electron chi connectivity index (χ3n) is 4.51. The summed E-state index contributed by atoms with van der Waals surface area (Å²) >= 11 is 6.69. The molecule has 0 radical (unpaired) electrons. The van der Waals surface area contributed by atoms with Crippen molar-refractivity contribution in [2.45, 2.75) is 52.0 Å². The minimum atomic E-state index is 0.0529. The zero-order valence-electron chi connectivity index (χ0n) is 14.4. The summed E-state index contributed by atoms with van der Waals surface area (Å²) in [6.07, 6.45) is 8.46. The highest BCUT2D eigenvalue weighted by Gasteiger charge is 2.20. The number of rotatable bonds is 6. The largest absolute Gasteiger partial charge is 0.302 e. The van der Waals surface area contributed by atoms with E-state index in [1.54, 1.807) is 6.08 Å². The van der Waals surface area contributed by atoms with Crippen LogP contribution in [-0.4, -0.2) is 25.7 Å². The number of aryl methyl sites for hydroxylation is 1. The number of amides is 1. The Labute approximate surface area is 156 Å². The molecule has 1 saturated carbocycles. The molecule has 0 spiro atoms. The fourth-order valence-corrected chi connectivity index (χ4v) is 4.46. The number of H-pyrrole nitrogens is 1. The molecule has 0 unspecified atom stereocenters. The molecular formula is C17H23N5OS2. The standard InChI is InChI=1S/C17H23N5OS2/c1-3-9-22-15(20-21-17(22)24)14-11(2)18-16(25-14)19-13(23)10-12-7-5-4-6-8-12/h3,12H,1,4-10H2,2H3,(H,21,24)(H,18,19,23). The summed E-state index contributed by atoms with van der Waals surface area (Å²) in [5.41, 5.74) is 0.831. The minimum Gasteiger partial charge on any atom is -0.302 e. The molecule has 6 nitrogen and oxygen atoms in total. The van der Waals surface area contributed by atoms with Crippen molar-refractivity contribution in [3.63, 3.8) is 0 Å². The van der Waals surface area contributed by atoms with E-state index >= 15 is 0 Å². The van der Waals surface area contributed by atoms with Crippen LogP contribution in [0.5, 0.6) is 0 Å². The van der Waals surface area contributed by atoms with E-state index in [1.165, 1.54) is 30.6 Å². The molecule has 3 rings (SSSR count). The van der Waals surface area contributed by atoms with Crippen molar-refractivity contribution in [2.24, 2.45) is 5.92 Å². The third kappa shape index (κ3) is 4.24. The zero-order chi connectivity index (χ0) is 17.8. The summed E-state index contributed by atoms with van der Waals surface area (Å²) < 4.78 is 2.42. The molecule has 8 heteroatoms. The number of anilines is 1. The van der Waals surface area contributed by atoms with E-state index in [9.17, 15) is 4.79 Å². The average Bonchev–Trinajstić information content (AvgIpc) is 3.12. The van der Waals surface area contributed by atoms with E-state index in [-0.39, 0.29) is 5.91 Å². The van der Waals surface area contributed by atoms with Gasteiger partial charge in [0.15, 0.2) is 15.7 Å². The molecule has 0 aromatic carbocycles. The van der Waals surface area contributed by atoms with Crippen molar-refractivity contribution in [3.8, 4) is 10.7 Å². The summed E-state index contributed by atoms with van der Waals surface area (Å²) in [5, 5.41) is 10.7. The van der Waals surface area contributed by atoms with Crippen molar-refractivity contribution in [1.82, 2.24) is 19.7 Å². The molecule has 1 amide bonds. The van der Waals surface area contributed by atoms with Crippen LogP contribution in [0.15, 0.2) is 12.7 Å². The van der Waals surface area contributed by atoms with Gasteiger partial charge in [-0.25, -0.2) is 4.98 Å². The Balaban J connectivity index is 1.73. The first-order valence-corrected chi connectivity index (χ1v) is 9.84. The molecule has 2 N–H and O–H groups in total. The first kappa shape index (κ1) is 18.0. The van der Waals surface area contributed by atoms with Crippen molar-refractivity contribution in [1.29, 1.82) is 0 Å². The van der Waals surface area contributed by atoms with Crippen molar-refractivity contribution in [2.75, 3.05) is 5.32 Å². The van der Waals surface area contributed by atoms with Crippen LogP contribution in [0.4, 0.5) is 5.13 Å². The van der Waals surface area contributed by atoms with Gasteiger partial charge in [-0.2, -0.15) is 5.10 Å². The molecule has 2 aromatic heterocycles. The lowest BCUT2D eigenvalue weighted by atomic mass is 9.87. The average molecular weight is 378 g/mol.